The van der Waals surface area contributed by atoms with E-state index in [1.807, 2.05) is 0 Å². The van der Waals surface area contributed by atoms with E-state index in [9.17, 15) is 15.0 Å². The Labute approximate surface area is 94.0 Å². The molecule has 16 heavy (non-hydrogen) atoms. The van der Waals surface area contributed by atoms with Gasteiger partial charge in [-0.2, -0.15) is 0 Å². The van der Waals surface area contributed by atoms with Crippen molar-refractivity contribution in [2.24, 2.45) is 0 Å². The summed E-state index contributed by atoms with van der Waals surface area (Å²) in [6, 6.07) is -0.644. The van der Waals surface area contributed by atoms with Gasteiger partial charge < -0.3 is 25.1 Å². The summed E-state index contributed by atoms with van der Waals surface area (Å²) >= 11 is 0. The van der Waals surface area contributed by atoms with Crippen LogP contribution in [0.25, 0.3) is 4.85 Å². The van der Waals surface area contributed by atoms with E-state index in [2.05, 4.69) is 10.2 Å². The molecule has 1 rings (SSSR count). The van der Waals surface area contributed by atoms with Crippen LogP contribution in [0.4, 0.5) is 0 Å². The van der Waals surface area contributed by atoms with E-state index in [1.165, 1.54) is 6.92 Å². The number of hydrogen-bond donors (Lipinski definition) is 3. The van der Waals surface area contributed by atoms with E-state index in [1.54, 1.807) is 6.92 Å². The number of nitrogens with one attached hydrogen (secondary N) is 1. The third kappa shape index (κ3) is 2.70. The minimum absolute atomic E-state index is 0.00461. The Bertz CT molecular complexity index is 302. The second-order valence-corrected chi connectivity index (χ2v) is 3.93. The average molecular weight is 228 g/mol. The molecule has 90 valence electrons. The molecule has 6 heteroatoms. The van der Waals surface area contributed by atoms with Gasteiger partial charge in [-0.1, -0.05) is 0 Å². The Kier molecular flexibility index (Phi) is 4.24. The van der Waals surface area contributed by atoms with E-state index < -0.39 is 30.5 Å². The molecule has 1 aliphatic heterocycles. The fourth-order valence-corrected chi connectivity index (χ4v) is 1.83. The molecule has 0 aromatic carbocycles. The number of ether oxygens (including phenoxy) is 1. The number of rotatable bonds is 2. The van der Waals surface area contributed by atoms with Gasteiger partial charge in [-0.25, -0.2) is 6.57 Å². The lowest BCUT2D eigenvalue weighted by molar-refractivity contribution is -0.175. The Morgan fingerprint density at radius 1 is 1.50 bits per heavy atom. The van der Waals surface area contributed by atoms with Crippen LogP contribution in [-0.2, 0) is 9.53 Å². The second-order valence-electron chi connectivity index (χ2n) is 3.93. The smallest absolute Gasteiger partial charge is 0.243 e. The topological polar surface area (TPSA) is 83.2 Å². The number of carbonyl (C=O) groups is 1. The highest BCUT2D eigenvalue weighted by Gasteiger charge is 2.44. The van der Waals surface area contributed by atoms with Crippen molar-refractivity contribution < 1.29 is 19.7 Å². The molecule has 1 unspecified atom stereocenters. The van der Waals surface area contributed by atoms with E-state index in [0.717, 1.165) is 0 Å². The van der Waals surface area contributed by atoms with Gasteiger partial charge in [0.05, 0.1) is 12.1 Å². The van der Waals surface area contributed by atoms with Gasteiger partial charge in [-0.3, -0.25) is 4.79 Å². The molecule has 0 bridgehead atoms. The molecule has 0 spiro atoms. The van der Waals surface area contributed by atoms with Gasteiger partial charge >= 0.3 is 0 Å². The van der Waals surface area contributed by atoms with Crippen LogP contribution in [0.15, 0.2) is 0 Å². The zero-order valence-corrected chi connectivity index (χ0v) is 9.25. The number of carbonyl (C=O) groups excluding carboxylic acids is 1. The van der Waals surface area contributed by atoms with Crippen molar-refractivity contribution in [2.45, 2.75) is 44.3 Å². The molecule has 6 nitrogen and oxygen atoms in total. The van der Waals surface area contributed by atoms with Crippen molar-refractivity contribution in [3.05, 3.63) is 11.4 Å². The summed E-state index contributed by atoms with van der Waals surface area (Å²) < 4.78 is 5.38. The Hall–Kier alpha value is -1.16. The summed E-state index contributed by atoms with van der Waals surface area (Å²) in [6.45, 7) is 9.72. The van der Waals surface area contributed by atoms with Gasteiger partial charge in [0.25, 0.3) is 0 Å². The molecule has 5 atom stereocenters. The lowest BCUT2D eigenvalue weighted by atomic mass is 9.93. The molecular weight excluding hydrogens is 212 g/mol. The van der Waals surface area contributed by atoms with E-state index in [4.69, 9.17) is 11.3 Å². The molecular formula is C10H16N2O4. The van der Waals surface area contributed by atoms with Crippen LogP contribution < -0.4 is 5.32 Å². The molecule has 3 N–H and O–H groups in total. The van der Waals surface area contributed by atoms with Gasteiger partial charge in [0.1, 0.15) is 12.2 Å². The summed E-state index contributed by atoms with van der Waals surface area (Å²) in [4.78, 5) is 14.0. The lowest BCUT2D eigenvalue weighted by Gasteiger charge is -2.40. The van der Waals surface area contributed by atoms with Crippen molar-refractivity contribution in [1.82, 2.24) is 5.32 Å². The highest BCUT2D eigenvalue weighted by atomic mass is 16.5. The molecule has 0 radical (unpaired) electrons. The van der Waals surface area contributed by atoms with Crippen molar-refractivity contribution in [3.8, 4) is 0 Å². The molecule has 1 fully saturated rings. The lowest BCUT2D eigenvalue weighted by Crippen LogP contribution is -2.63. The highest BCUT2D eigenvalue weighted by molar-refractivity contribution is 5.73. The molecule has 1 saturated heterocycles. The first-order chi connectivity index (χ1) is 7.47. The standard InChI is InChI=1S/C10H16N2O4/c1-5-8(12-6(2)13)10(15)9(14)7(16-5)4-11-3/h5,7-10,14-15H,4H2,1-2H3,(H,12,13)/t5?,7-,8+,9+,10-/m1/s1. The minimum Gasteiger partial charge on any atom is -0.388 e. The maximum Gasteiger partial charge on any atom is 0.243 e. The molecule has 0 aliphatic carbocycles. The summed E-state index contributed by atoms with van der Waals surface area (Å²) in [5, 5.41) is 22.0. The largest absolute Gasteiger partial charge is 0.388 e. The fourth-order valence-electron chi connectivity index (χ4n) is 1.83. The number of hydrogen-bond acceptors (Lipinski definition) is 4. The average Bonchev–Trinajstić information content (AvgIpc) is 2.21. The summed E-state index contributed by atoms with van der Waals surface area (Å²) in [5.41, 5.74) is 0. The number of aliphatic hydroxyl groups is 2. The van der Waals surface area contributed by atoms with Crippen LogP contribution in [0, 0.1) is 6.57 Å². The van der Waals surface area contributed by atoms with E-state index >= 15 is 0 Å². The van der Waals surface area contributed by atoms with Crippen molar-refractivity contribution in [2.75, 3.05) is 6.54 Å². The van der Waals surface area contributed by atoms with E-state index in [-0.39, 0.29) is 12.5 Å². The Balaban J connectivity index is 2.72. The molecule has 0 aromatic rings. The van der Waals surface area contributed by atoms with E-state index in [0.29, 0.717) is 0 Å². The first-order valence-electron chi connectivity index (χ1n) is 5.09. The quantitative estimate of drug-likeness (QED) is 0.525. The van der Waals surface area contributed by atoms with Crippen molar-refractivity contribution in [3.63, 3.8) is 0 Å². The van der Waals surface area contributed by atoms with Gasteiger partial charge in [0.2, 0.25) is 12.5 Å². The monoisotopic (exact) mass is 228 g/mol. The summed E-state index contributed by atoms with van der Waals surface area (Å²) in [7, 11) is 0. The van der Waals surface area contributed by atoms with Crippen LogP contribution in [0.2, 0.25) is 0 Å². The number of amides is 1. The van der Waals surface area contributed by atoms with Crippen LogP contribution in [-0.4, -0.2) is 53.1 Å². The van der Waals surface area contributed by atoms with Gasteiger partial charge in [-0.05, 0) is 6.92 Å². The normalized spacial score (nSPS) is 38.8. The van der Waals surface area contributed by atoms with Gasteiger partial charge in [-0.15, -0.1) is 0 Å². The summed E-state index contributed by atoms with van der Waals surface area (Å²) in [6.07, 6.45) is -3.40. The predicted molar refractivity (Wildman–Crippen MR) is 55.4 cm³/mol. The second kappa shape index (κ2) is 5.25. The maximum absolute atomic E-state index is 10.9. The van der Waals surface area contributed by atoms with Crippen molar-refractivity contribution in [1.29, 1.82) is 0 Å². The molecule has 1 aliphatic rings. The SMILES string of the molecule is [C-]#[N+]C[C@H]1OC(C)[C@H](NC(C)=O)[C@@H](O)[C@H]1O. The van der Waals surface area contributed by atoms with Gasteiger partial charge in [0.15, 0.2) is 6.10 Å². The van der Waals surface area contributed by atoms with Gasteiger partial charge in [0, 0.05) is 6.92 Å². The maximum atomic E-state index is 10.9. The molecule has 1 heterocycles. The zero-order chi connectivity index (χ0) is 12.3. The Morgan fingerprint density at radius 2 is 2.12 bits per heavy atom. The van der Waals surface area contributed by atoms with Crippen LogP contribution in [0.5, 0.6) is 0 Å². The zero-order valence-electron chi connectivity index (χ0n) is 9.25. The fraction of sp³-hybridized carbons (Fsp3) is 0.800. The molecule has 0 aromatic heterocycles. The van der Waals surface area contributed by atoms with Crippen molar-refractivity contribution >= 4 is 5.91 Å². The number of aliphatic hydroxyl groups excluding tert-OH is 2. The minimum atomic E-state index is -1.15. The third-order valence-electron chi connectivity index (χ3n) is 2.64. The third-order valence-corrected chi connectivity index (χ3v) is 2.64. The predicted octanol–water partition coefficient (Wildman–Crippen LogP) is -1.08. The molecule has 1 amide bonds. The number of nitrogens with zero attached hydrogens (tertiary/aromatic N) is 1. The Morgan fingerprint density at radius 3 is 2.62 bits per heavy atom. The first-order valence-corrected chi connectivity index (χ1v) is 5.09. The molecule has 0 saturated carbocycles. The highest BCUT2D eigenvalue weighted by Crippen LogP contribution is 2.21. The van der Waals surface area contributed by atoms with Crippen LogP contribution >= 0.6 is 0 Å². The van der Waals surface area contributed by atoms with Crippen LogP contribution in [0.3, 0.4) is 0 Å². The van der Waals surface area contributed by atoms with Crippen LogP contribution in [0.1, 0.15) is 13.8 Å². The summed E-state index contributed by atoms with van der Waals surface area (Å²) in [5.74, 6) is -0.296. The first kappa shape index (κ1) is 12.9.